The minimum atomic E-state index is -0.924. The third-order valence-corrected chi connectivity index (χ3v) is 1.75. The molecule has 1 N–H and O–H groups in total. The Morgan fingerprint density at radius 1 is 1.38 bits per heavy atom. The molecule has 0 aromatic heterocycles. The van der Waals surface area contributed by atoms with Crippen molar-refractivity contribution in [3.63, 3.8) is 0 Å². The fourth-order valence-electron chi connectivity index (χ4n) is 0.919. The number of hydrogen-bond acceptors (Lipinski definition) is 3. The fourth-order valence-corrected chi connectivity index (χ4v) is 0.919. The van der Waals surface area contributed by atoms with E-state index in [9.17, 15) is 4.79 Å². The van der Waals surface area contributed by atoms with Crippen molar-refractivity contribution in [3.05, 3.63) is 29.8 Å². The Bertz CT molecular complexity index is 294. The number of hydroxylamine groups is 1. The van der Waals surface area contributed by atoms with Crippen molar-refractivity contribution in [1.29, 1.82) is 0 Å². The Morgan fingerprint density at radius 3 is 2.31 bits per heavy atom. The molecule has 70 valence electrons. The number of rotatable bonds is 3. The smallest absolute Gasteiger partial charge is 0.335 e. The van der Waals surface area contributed by atoms with E-state index in [2.05, 4.69) is 0 Å². The number of carboxylic acids is 1. The Hall–Kier alpha value is -1.55. The minimum absolute atomic E-state index is 0.272. The topological polar surface area (TPSA) is 49.8 Å². The average molecular weight is 181 g/mol. The first-order valence-corrected chi connectivity index (χ1v) is 3.76. The van der Waals surface area contributed by atoms with Crippen molar-refractivity contribution < 1.29 is 14.7 Å². The lowest BCUT2D eigenvalue weighted by Crippen LogP contribution is -2.14. The molecule has 0 bridgehead atoms. The van der Waals surface area contributed by atoms with E-state index >= 15 is 0 Å². The van der Waals surface area contributed by atoms with Gasteiger partial charge in [-0.05, 0) is 24.3 Å². The maximum absolute atomic E-state index is 10.5. The van der Waals surface area contributed by atoms with Crippen LogP contribution in [-0.2, 0) is 4.84 Å². The molecule has 0 radical (unpaired) electrons. The SMILES string of the molecule is CON(C)c1ccc(C(=O)O)cc1. The Labute approximate surface area is 76.3 Å². The van der Waals surface area contributed by atoms with Crippen LogP contribution in [-0.4, -0.2) is 25.2 Å². The largest absolute Gasteiger partial charge is 0.478 e. The highest BCUT2D eigenvalue weighted by Gasteiger charge is 2.03. The van der Waals surface area contributed by atoms with Crippen molar-refractivity contribution in [1.82, 2.24) is 0 Å². The van der Waals surface area contributed by atoms with Crippen LogP contribution in [0.5, 0.6) is 0 Å². The predicted molar refractivity (Wildman–Crippen MR) is 48.8 cm³/mol. The van der Waals surface area contributed by atoms with Crippen molar-refractivity contribution in [2.24, 2.45) is 0 Å². The van der Waals surface area contributed by atoms with Gasteiger partial charge in [-0.1, -0.05) is 0 Å². The molecule has 0 amide bonds. The van der Waals surface area contributed by atoms with Gasteiger partial charge >= 0.3 is 5.97 Å². The summed E-state index contributed by atoms with van der Waals surface area (Å²) in [6, 6.07) is 6.44. The fraction of sp³-hybridized carbons (Fsp3) is 0.222. The molecule has 1 aromatic carbocycles. The van der Waals surface area contributed by atoms with Crippen molar-refractivity contribution >= 4 is 11.7 Å². The van der Waals surface area contributed by atoms with Gasteiger partial charge in [0.1, 0.15) is 0 Å². The highest BCUT2D eigenvalue weighted by Crippen LogP contribution is 2.13. The van der Waals surface area contributed by atoms with Crippen LogP contribution in [0.25, 0.3) is 0 Å². The average Bonchev–Trinajstić information content (AvgIpc) is 2.17. The lowest BCUT2D eigenvalue weighted by atomic mass is 10.2. The van der Waals surface area contributed by atoms with E-state index in [1.165, 1.54) is 12.1 Å². The van der Waals surface area contributed by atoms with E-state index in [4.69, 9.17) is 9.94 Å². The van der Waals surface area contributed by atoms with Gasteiger partial charge in [0.05, 0.1) is 18.4 Å². The summed E-state index contributed by atoms with van der Waals surface area (Å²) in [5.41, 5.74) is 1.08. The van der Waals surface area contributed by atoms with Gasteiger partial charge < -0.3 is 5.11 Å². The van der Waals surface area contributed by atoms with Gasteiger partial charge in [-0.25, -0.2) is 4.79 Å². The number of nitrogens with zero attached hydrogens (tertiary/aromatic N) is 1. The standard InChI is InChI=1S/C9H11NO3/c1-10(13-2)8-5-3-7(4-6-8)9(11)12/h3-6H,1-2H3,(H,11,12). The number of carboxylic acid groups (broad SMARTS) is 1. The summed E-state index contributed by atoms with van der Waals surface area (Å²) in [6.45, 7) is 0. The molecule has 1 aromatic rings. The number of hydrogen-bond donors (Lipinski definition) is 1. The van der Waals surface area contributed by atoms with Crippen molar-refractivity contribution in [2.75, 3.05) is 19.2 Å². The van der Waals surface area contributed by atoms with Crippen LogP contribution in [0.4, 0.5) is 5.69 Å². The molecule has 0 spiro atoms. The molecule has 0 aliphatic rings. The number of anilines is 1. The van der Waals surface area contributed by atoms with Crippen LogP contribution in [0.2, 0.25) is 0 Å². The predicted octanol–water partition coefficient (Wildman–Crippen LogP) is 1.38. The first kappa shape index (κ1) is 9.54. The Morgan fingerprint density at radius 2 is 1.92 bits per heavy atom. The second kappa shape index (κ2) is 3.91. The van der Waals surface area contributed by atoms with Gasteiger partial charge in [0.25, 0.3) is 0 Å². The van der Waals surface area contributed by atoms with Gasteiger partial charge in [0, 0.05) is 7.05 Å². The summed E-state index contributed by atoms with van der Waals surface area (Å²) in [5.74, 6) is -0.924. The summed E-state index contributed by atoms with van der Waals surface area (Å²) in [6.07, 6.45) is 0. The number of carbonyl (C=O) groups is 1. The third-order valence-electron chi connectivity index (χ3n) is 1.75. The minimum Gasteiger partial charge on any atom is -0.478 e. The molecular weight excluding hydrogens is 170 g/mol. The van der Waals surface area contributed by atoms with Crippen molar-refractivity contribution in [3.8, 4) is 0 Å². The van der Waals surface area contributed by atoms with Crippen LogP contribution in [0.3, 0.4) is 0 Å². The lowest BCUT2D eigenvalue weighted by molar-refractivity contribution is 0.0697. The van der Waals surface area contributed by atoms with E-state index < -0.39 is 5.97 Å². The molecule has 0 heterocycles. The zero-order valence-electron chi connectivity index (χ0n) is 7.52. The van der Waals surface area contributed by atoms with E-state index in [1.54, 1.807) is 31.4 Å². The summed E-state index contributed by atoms with van der Waals surface area (Å²) in [7, 11) is 3.29. The van der Waals surface area contributed by atoms with Crippen LogP contribution in [0.15, 0.2) is 24.3 Å². The molecule has 0 fully saturated rings. The highest BCUT2D eigenvalue weighted by molar-refractivity contribution is 5.87. The molecule has 0 atom stereocenters. The molecule has 0 unspecified atom stereocenters. The van der Waals surface area contributed by atoms with Gasteiger partial charge in [0.2, 0.25) is 0 Å². The molecule has 1 rings (SSSR count). The molecule has 4 nitrogen and oxygen atoms in total. The number of benzene rings is 1. The Balaban J connectivity index is 2.87. The maximum Gasteiger partial charge on any atom is 0.335 e. The van der Waals surface area contributed by atoms with Crippen LogP contribution >= 0.6 is 0 Å². The Kier molecular flexibility index (Phi) is 2.87. The van der Waals surface area contributed by atoms with Crippen LogP contribution in [0, 0.1) is 0 Å². The van der Waals surface area contributed by atoms with E-state index in [0.29, 0.717) is 0 Å². The van der Waals surface area contributed by atoms with Gasteiger partial charge in [-0.2, -0.15) is 0 Å². The van der Waals surface area contributed by atoms with Gasteiger partial charge in [0.15, 0.2) is 0 Å². The maximum atomic E-state index is 10.5. The van der Waals surface area contributed by atoms with Crippen LogP contribution < -0.4 is 5.06 Å². The highest BCUT2D eigenvalue weighted by atomic mass is 16.7. The molecule has 4 heteroatoms. The first-order chi connectivity index (χ1) is 6.15. The second-order valence-electron chi connectivity index (χ2n) is 2.53. The molecule has 0 aliphatic carbocycles. The molecule has 0 aliphatic heterocycles. The monoisotopic (exact) mass is 181 g/mol. The summed E-state index contributed by atoms with van der Waals surface area (Å²) in [5, 5.41) is 10.2. The van der Waals surface area contributed by atoms with E-state index in [-0.39, 0.29) is 5.56 Å². The van der Waals surface area contributed by atoms with Crippen LogP contribution in [0.1, 0.15) is 10.4 Å². The zero-order chi connectivity index (χ0) is 9.84. The number of aromatic carboxylic acids is 1. The first-order valence-electron chi connectivity index (χ1n) is 3.76. The van der Waals surface area contributed by atoms with E-state index in [1.807, 2.05) is 0 Å². The third kappa shape index (κ3) is 2.19. The molecule has 0 saturated heterocycles. The molecule has 0 saturated carbocycles. The van der Waals surface area contributed by atoms with Gasteiger partial charge in [-0.3, -0.25) is 9.90 Å². The molecule has 13 heavy (non-hydrogen) atoms. The van der Waals surface area contributed by atoms with Crippen molar-refractivity contribution in [2.45, 2.75) is 0 Å². The van der Waals surface area contributed by atoms with Gasteiger partial charge in [-0.15, -0.1) is 0 Å². The normalized spacial score (nSPS) is 9.69. The summed E-state index contributed by atoms with van der Waals surface area (Å²) in [4.78, 5) is 15.4. The quantitative estimate of drug-likeness (QED) is 0.716. The lowest BCUT2D eigenvalue weighted by Gasteiger charge is -2.15. The van der Waals surface area contributed by atoms with E-state index in [0.717, 1.165) is 5.69 Å². The molecular formula is C9H11NO3. The zero-order valence-corrected chi connectivity index (χ0v) is 7.52. The summed E-state index contributed by atoms with van der Waals surface area (Å²) >= 11 is 0. The summed E-state index contributed by atoms with van der Waals surface area (Å²) < 4.78 is 0. The second-order valence-corrected chi connectivity index (χ2v) is 2.53.